The number of fused-ring (bicyclic) bond motifs is 1. The van der Waals surface area contributed by atoms with Gasteiger partial charge in [-0.2, -0.15) is 0 Å². The molecule has 150 valence electrons. The van der Waals surface area contributed by atoms with Crippen LogP contribution in [0.1, 0.15) is 19.4 Å². The van der Waals surface area contributed by atoms with Gasteiger partial charge in [0.25, 0.3) is 0 Å². The standard InChI is InChI=1S/C21H25NO4S2/c1-4-25-15-8-6-14-7-9-18(26-5-2)17(16(14)12-15)13-19-20(23)22(10-11-24-3)21(27)28-19/h6-9,12,19H,4-5,10-11,13H2,1-3H3/t19-/m1/s1. The van der Waals surface area contributed by atoms with Crippen LogP contribution < -0.4 is 9.47 Å². The first kappa shape index (κ1) is 20.9. The lowest BCUT2D eigenvalue weighted by atomic mass is 9.98. The molecule has 1 amide bonds. The van der Waals surface area contributed by atoms with Crippen molar-refractivity contribution >= 4 is 45.0 Å². The van der Waals surface area contributed by atoms with E-state index in [2.05, 4.69) is 0 Å². The second-order valence-electron chi connectivity index (χ2n) is 6.35. The monoisotopic (exact) mass is 419 g/mol. The fourth-order valence-electron chi connectivity index (χ4n) is 3.30. The molecule has 0 saturated carbocycles. The third-order valence-corrected chi connectivity index (χ3v) is 6.17. The average molecular weight is 420 g/mol. The normalized spacial score (nSPS) is 16.8. The highest BCUT2D eigenvalue weighted by Crippen LogP contribution is 2.36. The Morgan fingerprint density at radius 1 is 1.14 bits per heavy atom. The molecule has 0 bridgehead atoms. The number of methoxy groups -OCH3 is 1. The SMILES string of the molecule is CCOc1ccc2ccc(OCC)c(C[C@H]3SC(=S)N(CCOC)C3=O)c2c1. The highest BCUT2D eigenvalue weighted by molar-refractivity contribution is 8.24. The second-order valence-corrected chi connectivity index (χ2v) is 8.19. The quantitative estimate of drug-likeness (QED) is 0.572. The Hall–Kier alpha value is -1.83. The van der Waals surface area contributed by atoms with Gasteiger partial charge in [0.15, 0.2) is 0 Å². The molecule has 7 heteroatoms. The molecule has 2 aromatic carbocycles. The fourth-order valence-corrected chi connectivity index (χ4v) is 4.86. The summed E-state index contributed by atoms with van der Waals surface area (Å²) in [4.78, 5) is 14.5. The Kier molecular flexibility index (Phi) is 7.15. The van der Waals surface area contributed by atoms with Crippen LogP contribution in [0.3, 0.4) is 0 Å². The Morgan fingerprint density at radius 3 is 2.61 bits per heavy atom. The molecule has 1 saturated heterocycles. The number of hydrogen-bond acceptors (Lipinski definition) is 6. The lowest BCUT2D eigenvalue weighted by Crippen LogP contribution is -2.34. The molecular formula is C21H25NO4S2. The van der Waals surface area contributed by atoms with Crippen LogP contribution in [0.2, 0.25) is 0 Å². The van der Waals surface area contributed by atoms with Crippen LogP contribution in [-0.2, 0) is 16.0 Å². The minimum Gasteiger partial charge on any atom is -0.494 e. The molecular weight excluding hydrogens is 394 g/mol. The Morgan fingerprint density at radius 2 is 1.89 bits per heavy atom. The molecule has 1 fully saturated rings. The molecule has 5 nitrogen and oxygen atoms in total. The number of amides is 1. The lowest BCUT2D eigenvalue weighted by Gasteiger charge is -2.17. The molecule has 0 spiro atoms. The average Bonchev–Trinajstić information content (AvgIpc) is 2.95. The molecule has 0 aliphatic carbocycles. The van der Waals surface area contributed by atoms with Crippen molar-refractivity contribution in [3.8, 4) is 11.5 Å². The third kappa shape index (κ3) is 4.42. The maximum absolute atomic E-state index is 12.9. The molecule has 0 unspecified atom stereocenters. The zero-order valence-electron chi connectivity index (χ0n) is 16.4. The van der Waals surface area contributed by atoms with Crippen molar-refractivity contribution in [2.75, 3.05) is 33.5 Å². The predicted octanol–water partition coefficient (Wildman–Crippen LogP) is 4.06. The molecule has 1 aliphatic rings. The summed E-state index contributed by atoms with van der Waals surface area (Å²) >= 11 is 6.86. The number of hydrogen-bond donors (Lipinski definition) is 0. The Balaban J connectivity index is 1.96. The predicted molar refractivity (Wildman–Crippen MR) is 118 cm³/mol. The van der Waals surface area contributed by atoms with Gasteiger partial charge in [-0.05, 0) is 49.2 Å². The van der Waals surface area contributed by atoms with Crippen molar-refractivity contribution in [2.24, 2.45) is 0 Å². The summed E-state index contributed by atoms with van der Waals surface area (Å²) in [7, 11) is 1.62. The summed E-state index contributed by atoms with van der Waals surface area (Å²) in [6.45, 7) is 6.04. The highest BCUT2D eigenvalue weighted by atomic mass is 32.2. The summed E-state index contributed by atoms with van der Waals surface area (Å²) in [6.07, 6.45) is 0.551. The van der Waals surface area contributed by atoms with Gasteiger partial charge >= 0.3 is 0 Å². The first-order valence-corrected chi connectivity index (χ1v) is 10.7. The summed E-state index contributed by atoms with van der Waals surface area (Å²) in [5.74, 6) is 1.65. The smallest absolute Gasteiger partial charge is 0.242 e. The second kappa shape index (κ2) is 9.58. The largest absolute Gasteiger partial charge is 0.494 e. The third-order valence-electron chi connectivity index (χ3n) is 4.59. The van der Waals surface area contributed by atoms with Crippen LogP contribution in [0.4, 0.5) is 0 Å². The Labute approximate surface area is 175 Å². The van der Waals surface area contributed by atoms with E-state index in [1.165, 1.54) is 11.8 Å². The molecule has 0 radical (unpaired) electrons. The lowest BCUT2D eigenvalue weighted by molar-refractivity contribution is -0.126. The minimum atomic E-state index is -0.259. The number of ether oxygens (including phenoxy) is 3. The van der Waals surface area contributed by atoms with E-state index >= 15 is 0 Å². The number of nitrogens with zero attached hydrogens (tertiary/aromatic N) is 1. The van der Waals surface area contributed by atoms with E-state index in [4.69, 9.17) is 26.4 Å². The van der Waals surface area contributed by atoms with Gasteiger partial charge in [-0.1, -0.05) is 36.1 Å². The molecule has 0 aromatic heterocycles. The number of thiocarbonyl (C=S) groups is 1. The summed E-state index contributed by atoms with van der Waals surface area (Å²) < 4.78 is 17.3. The van der Waals surface area contributed by atoms with Gasteiger partial charge in [0, 0.05) is 12.7 Å². The summed E-state index contributed by atoms with van der Waals surface area (Å²) in [5.41, 5.74) is 1.02. The van der Waals surface area contributed by atoms with Crippen molar-refractivity contribution in [1.29, 1.82) is 0 Å². The number of carbonyl (C=O) groups excluding carboxylic acids is 1. The number of carbonyl (C=O) groups is 1. The first-order valence-electron chi connectivity index (χ1n) is 9.41. The van der Waals surface area contributed by atoms with Gasteiger partial charge in [-0.3, -0.25) is 9.69 Å². The van der Waals surface area contributed by atoms with Crippen molar-refractivity contribution in [3.05, 3.63) is 35.9 Å². The molecule has 3 rings (SSSR count). The van der Waals surface area contributed by atoms with Gasteiger partial charge in [0.2, 0.25) is 5.91 Å². The molecule has 28 heavy (non-hydrogen) atoms. The van der Waals surface area contributed by atoms with Crippen molar-refractivity contribution in [2.45, 2.75) is 25.5 Å². The number of rotatable bonds is 9. The van der Waals surface area contributed by atoms with Crippen molar-refractivity contribution in [1.82, 2.24) is 4.90 Å². The van der Waals surface area contributed by atoms with Gasteiger partial charge < -0.3 is 14.2 Å². The summed E-state index contributed by atoms with van der Waals surface area (Å²) in [5, 5.41) is 1.88. The van der Waals surface area contributed by atoms with E-state index < -0.39 is 0 Å². The van der Waals surface area contributed by atoms with Crippen molar-refractivity contribution in [3.63, 3.8) is 0 Å². The molecule has 2 aromatic rings. The van der Waals surface area contributed by atoms with Crippen LogP contribution in [0, 0.1) is 0 Å². The summed E-state index contributed by atoms with van der Waals surface area (Å²) in [6, 6.07) is 10.1. The Bertz CT molecular complexity index is 866. The van der Waals surface area contributed by atoms with Gasteiger partial charge in [0.1, 0.15) is 15.8 Å². The van der Waals surface area contributed by atoms with Gasteiger partial charge in [0.05, 0.1) is 31.6 Å². The molecule has 1 atom stereocenters. The zero-order chi connectivity index (χ0) is 20.1. The highest BCUT2D eigenvalue weighted by Gasteiger charge is 2.37. The van der Waals surface area contributed by atoms with E-state index in [0.29, 0.717) is 37.1 Å². The maximum Gasteiger partial charge on any atom is 0.242 e. The first-order chi connectivity index (χ1) is 13.6. The van der Waals surface area contributed by atoms with Crippen LogP contribution in [0.5, 0.6) is 11.5 Å². The molecule has 0 N–H and O–H groups in total. The van der Waals surface area contributed by atoms with Crippen molar-refractivity contribution < 1.29 is 19.0 Å². The molecule has 1 heterocycles. The van der Waals surface area contributed by atoms with E-state index in [1.54, 1.807) is 12.0 Å². The van der Waals surface area contributed by atoms with Crippen LogP contribution in [0.15, 0.2) is 30.3 Å². The van der Waals surface area contributed by atoms with Crippen LogP contribution in [0.25, 0.3) is 10.8 Å². The minimum absolute atomic E-state index is 0.0347. The zero-order valence-corrected chi connectivity index (χ0v) is 18.0. The van der Waals surface area contributed by atoms with Crippen LogP contribution >= 0.6 is 24.0 Å². The maximum atomic E-state index is 12.9. The van der Waals surface area contributed by atoms with Gasteiger partial charge in [-0.15, -0.1) is 0 Å². The number of thioether (sulfide) groups is 1. The van der Waals surface area contributed by atoms with E-state index in [1.807, 2.05) is 44.2 Å². The molecule has 1 aliphatic heterocycles. The van der Waals surface area contributed by atoms with Crippen LogP contribution in [-0.4, -0.2) is 53.9 Å². The fraction of sp³-hybridized carbons (Fsp3) is 0.429. The van der Waals surface area contributed by atoms with E-state index in [-0.39, 0.29) is 11.2 Å². The van der Waals surface area contributed by atoms with E-state index in [9.17, 15) is 4.79 Å². The number of benzene rings is 2. The van der Waals surface area contributed by atoms with E-state index in [0.717, 1.165) is 27.8 Å². The topological polar surface area (TPSA) is 48.0 Å². The van der Waals surface area contributed by atoms with Gasteiger partial charge in [-0.25, -0.2) is 0 Å².